The van der Waals surface area contributed by atoms with Crippen molar-refractivity contribution in [3.05, 3.63) is 27.9 Å². The van der Waals surface area contributed by atoms with Crippen molar-refractivity contribution in [3.63, 3.8) is 0 Å². The zero-order valence-electron chi connectivity index (χ0n) is 14.1. The van der Waals surface area contributed by atoms with Crippen molar-refractivity contribution in [1.29, 1.82) is 0 Å². The Morgan fingerprint density at radius 1 is 0.870 bits per heavy atom. The van der Waals surface area contributed by atoms with Gasteiger partial charge in [-0.05, 0) is 47.0 Å². The van der Waals surface area contributed by atoms with Crippen molar-refractivity contribution in [1.82, 2.24) is 4.98 Å². The first-order valence-corrected chi connectivity index (χ1v) is 7.78. The summed E-state index contributed by atoms with van der Waals surface area (Å²) in [6.07, 6.45) is 1.72. The maximum absolute atomic E-state index is 5.64. The minimum Gasteiger partial charge on any atom is -0.493 e. The molecule has 0 aliphatic rings. The third-order valence-corrected chi connectivity index (χ3v) is 4.51. The van der Waals surface area contributed by atoms with Crippen LogP contribution in [0.5, 0.6) is 23.1 Å². The van der Waals surface area contributed by atoms with E-state index in [-0.39, 0.29) is 0 Å². The molecule has 0 atom stereocenters. The smallest absolute Gasteiger partial charge is 0.221 e. The van der Waals surface area contributed by atoms with E-state index in [1.807, 2.05) is 19.9 Å². The molecular formula is C17H20BrNO4. The summed E-state index contributed by atoms with van der Waals surface area (Å²) in [6.45, 7) is 3.98. The number of nitrogens with zero attached hydrogens (tertiary/aromatic N) is 1. The summed E-state index contributed by atoms with van der Waals surface area (Å²) in [5, 5.41) is 0. The molecule has 6 heteroatoms. The topological polar surface area (TPSA) is 49.8 Å². The van der Waals surface area contributed by atoms with E-state index in [9.17, 15) is 0 Å². The maximum Gasteiger partial charge on any atom is 0.221 e. The monoisotopic (exact) mass is 381 g/mol. The number of ether oxygens (including phenoxy) is 4. The van der Waals surface area contributed by atoms with Crippen molar-refractivity contribution in [2.24, 2.45) is 0 Å². The summed E-state index contributed by atoms with van der Waals surface area (Å²) in [6, 6.07) is 1.91. The molecule has 0 unspecified atom stereocenters. The van der Waals surface area contributed by atoms with Gasteiger partial charge in [-0.15, -0.1) is 0 Å². The predicted octanol–water partition coefficient (Wildman–Crippen LogP) is 4.16. The molecule has 5 nitrogen and oxygen atoms in total. The average Bonchev–Trinajstić information content (AvgIpc) is 2.56. The fraction of sp³-hybridized carbons (Fsp3) is 0.353. The van der Waals surface area contributed by atoms with Crippen LogP contribution in [0.3, 0.4) is 0 Å². The van der Waals surface area contributed by atoms with Gasteiger partial charge in [-0.1, -0.05) is 0 Å². The Balaban J connectivity index is 2.92. The average molecular weight is 382 g/mol. The van der Waals surface area contributed by atoms with Gasteiger partial charge >= 0.3 is 0 Å². The molecule has 0 saturated heterocycles. The SMILES string of the molecule is COc1cc(C)c(-c2c(OC)ncc(Br)c2C)c(OC)c1OC. The molecule has 1 aromatic carbocycles. The van der Waals surface area contributed by atoms with Gasteiger partial charge in [-0.25, -0.2) is 4.98 Å². The maximum atomic E-state index is 5.64. The molecule has 0 fully saturated rings. The van der Waals surface area contributed by atoms with E-state index in [1.54, 1.807) is 34.6 Å². The molecule has 1 heterocycles. The Kier molecular flexibility index (Phi) is 5.36. The summed E-state index contributed by atoms with van der Waals surface area (Å²) in [5.74, 6) is 2.27. The van der Waals surface area contributed by atoms with Crippen LogP contribution < -0.4 is 18.9 Å². The second-order valence-electron chi connectivity index (χ2n) is 4.95. The minimum absolute atomic E-state index is 0.527. The molecule has 2 rings (SSSR count). The molecule has 2 aromatic rings. The molecule has 0 aliphatic carbocycles. The number of benzene rings is 1. The van der Waals surface area contributed by atoms with Crippen molar-refractivity contribution < 1.29 is 18.9 Å². The number of aryl methyl sites for hydroxylation is 1. The molecule has 0 radical (unpaired) electrons. The molecular weight excluding hydrogens is 362 g/mol. The number of methoxy groups -OCH3 is 4. The zero-order valence-corrected chi connectivity index (χ0v) is 15.7. The first-order valence-electron chi connectivity index (χ1n) is 6.99. The van der Waals surface area contributed by atoms with Gasteiger partial charge in [-0.3, -0.25) is 0 Å². The second kappa shape index (κ2) is 7.08. The van der Waals surface area contributed by atoms with Crippen molar-refractivity contribution in [2.75, 3.05) is 28.4 Å². The van der Waals surface area contributed by atoms with Crippen LogP contribution in [-0.4, -0.2) is 33.4 Å². The summed E-state index contributed by atoms with van der Waals surface area (Å²) < 4.78 is 22.9. The Bertz CT molecular complexity index is 731. The number of rotatable bonds is 5. The number of halogens is 1. The van der Waals surface area contributed by atoms with E-state index in [0.29, 0.717) is 23.1 Å². The second-order valence-corrected chi connectivity index (χ2v) is 5.81. The highest BCUT2D eigenvalue weighted by atomic mass is 79.9. The zero-order chi connectivity index (χ0) is 17.1. The number of hydrogen-bond acceptors (Lipinski definition) is 5. The van der Waals surface area contributed by atoms with Crippen LogP contribution in [0, 0.1) is 13.8 Å². The first kappa shape index (κ1) is 17.4. The third kappa shape index (κ3) is 2.95. The number of hydrogen-bond donors (Lipinski definition) is 0. The van der Waals surface area contributed by atoms with E-state index in [2.05, 4.69) is 20.9 Å². The Morgan fingerprint density at radius 3 is 2.04 bits per heavy atom. The molecule has 0 spiro atoms. The molecule has 0 saturated carbocycles. The summed E-state index contributed by atoms with van der Waals surface area (Å²) in [7, 11) is 6.39. The summed E-state index contributed by atoms with van der Waals surface area (Å²) in [4.78, 5) is 4.35. The highest BCUT2D eigenvalue weighted by molar-refractivity contribution is 9.10. The lowest BCUT2D eigenvalue weighted by molar-refractivity contribution is 0.324. The quantitative estimate of drug-likeness (QED) is 0.777. The van der Waals surface area contributed by atoms with E-state index < -0.39 is 0 Å². The van der Waals surface area contributed by atoms with E-state index in [4.69, 9.17) is 18.9 Å². The Labute approximate surface area is 144 Å². The number of aromatic nitrogens is 1. The van der Waals surface area contributed by atoms with Crippen molar-refractivity contribution in [3.8, 4) is 34.3 Å². The highest BCUT2D eigenvalue weighted by Crippen LogP contribution is 2.49. The molecule has 0 bridgehead atoms. The van der Waals surface area contributed by atoms with Gasteiger partial charge in [0.25, 0.3) is 0 Å². The summed E-state index contributed by atoms with van der Waals surface area (Å²) in [5.41, 5.74) is 3.71. The molecule has 0 amide bonds. The van der Waals surface area contributed by atoms with Crippen LogP contribution in [0.25, 0.3) is 11.1 Å². The van der Waals surface area contributed by atoms with E-state index >= 15 is 0 Å². The lowest BCUT2D eigenvalue weighted by Gasteiger charge is -2.21. The normalized spacial score (nSPS) is 10.4. The largest absolute Gasteiger partial charge is 0.493 e. The van der Waals surface area contributed by atoms with Gasteiger partial charge in [-0.2, -0.15) is 0 Å². The van der Waals surface area contributed by atoms with Gasteiger partial charge in [0.05, 0.1) is 34.0 Å². The minimum atomic E-state index is 0.527. The van der Waals surface area contributed by atoms with Crippen LogP contribution in [-0.2, 0) is 0 Å². The van der Waals surface area contributed by atoms with Gasteiger partial charge in [0.15, 0.2) is 11.5 Å². The molecule has 124 valence electrons. The standard InChI is InChI=1S/C17H20BrNO4/c1-9-7-12(20-3)15(21-4)16(22-5)13(9)14-10(2)11(18)8-19-17(14)23-6/h7-8H,1-6H3. The molecule has 0 N–H and O–H groups in total. The molecule has 23 heavy (non-hydrogen) atoms. The van der Waals surface area contributed by atoms with E-state index in [1.165, 1.54) is 0 Å². The van der Waals surface area contributed by atoms with Gasteiger partial charge in [0.2, 0.25) is 11.6 Å². The predicted molar refractivity (Wildman–Crippen MR) is 93.1 cm³/mol. The van der Waals surface area contributed by atoms with Gasteiger partial charge in [0.1, 0.15) is 0 Å². The van der Waals surface area contributed by atoms with Crippen molar-refractivity contribution in [2.45, 2.75) is 13.8 Å². The third-order valence-electron chi connectivity index (χ3n) is 3.71. The van der Waals surface area contributed by atoms with Crippen molar-refractivity contribution >= 4 is 15.9 Å². The number of pyridine rings is 1. The lowest BCUT2D eigenvalue weighted by atomic mass is 9.95. The van der Waals surface area contributed by atoms with Crippen LogP contribution in [0.15, 0.2) is 16.7 Å². The van der Waals surface area contributed by atoms with Crippen LogP contribution in [0.1, 0.15) is 11.1 Å². The summed E-state index contributed by atoms with van der Waals surface area (Å²) >= 11 is 3.53. The molecule has 1 aromatic heterocycles. The fourth-order valence-corrected chi connectivity index (χ4v) is 2.90. The highest BCUT2D eigenvalue weighted by Gasteiger charge is 2.25. The van der Waals surface area contributed by atoms with Crippen LogP contribution in [0.4, 0.5) is 0 Å². The Morgan fingerprint density at radius 2 is 1.52 bits per heavy atom. The molecule has 0 aliphatic heterocycles. The van der Waals surface area contributed by atoms with Crippen LogP contribution in [0.2, 0.25) is 0 Å². The van der Waals surface area contributed by atoms with E-state index in [0.717, 1.165) is 26.7 Å². The van der Waals surface area contributed by atoms with Crippen LogP contribution >= 0.6 is 15.9 Å². The first-order chi connectivity index (χ1) is 11.0. The van der Waals surface area contributed by atoms with Gasteiger partial charge < -0.3 is 18.9 Å². The fourth-order valence-electron chi connectivity index (χ4n) is 2.59. The lowest BCUT2D eigenvalue weighted by Crippen LogP contribution is -2.02. The van der Waals surface area contributed by atoms with Gasteiger partial charge in [0, 0.05) is 16.2 Å². The Hall–Kier alpha value is -1.95.